The summed E-state index contributed by atoms with van der Waals surface area (Å²) in [7, 11) is 1.73. The van der Waals surface area contributed by atoms with Crippen LogP contribution in [0.25, 0.3) is 0 Å². The Morgan fingerprint density at radius 2 is 2.46 bits per heavy atom. The van der Waals surface area contributed by atoms with E-state index in [2.05, 4.69) is 20.8 Å². The molecule has 0 aromatic carbocycles. The Kier molecular flexibility index (Phi) is 3.84. The molecule has 0 saturated carbocycles. The first-order chi connectivity index (χ1) is 6.33. The minimum atomic E-state index is 0.479. The summed E-state index contributed by atoms with van der Waals surface area (Å²) in [5.74, 6) is 0. The predicted octanol–water partition coefficient (Wildman–Crippen LogP) is 0.509. The smallest absolute Gasteiger partial charge is 0.186 e. The van der Waals surface area contributed by atoms with Gasteiger partial charge in [-0.3, -0.25) is 10.4 Å². The molecule has 0 atom stereocenters. The number of hydrazone groups is 1. The van der Waals surface area contributed by atoms with Crippen LogP contribution in [0.5, 0.6) is 0 Å². The molecule has 0 aliphatic heterocycles. The van der Waals surface area contributed by atoms with Crippen LogP contribution in [0.4, 0.5) is 0 Å². The largest absolute Gasteiger partial charge is 0.364 e. The van der Waals surface area contributed by atoms with Gasteiger partial charge < -0.3 is 5.32 Å². The first-order valence-electron chi connectivity index (χ1n) is 3.75. The van der Waals surface area contributed by atoms with E-state index in [1.807, 2.05) is 18.2 Å². The molecule has 0 fully saturated rings. The van der Waals surface area contributed by atoms with Crippen LogP contribution in [-0.2, 0) is 0 Å². The van der Waals surface area contributed by atoms with E-state index < -0.39 is 0 Å². The molecular formula is C8H10N4S. The second-order valence-electron chi connectivity index (χ2n) is 2.20. The zero-order valence-corrected chi connectivity index (χ0v) is 8.01. The van der Waals surface area contributed by atoms with Crippen molar-refractivity contribution in [2.24, 2.45) is 5.10 Å². The first kappa shape index (κ1) is 9.60. The highest BCUT2D eigenvalue weighted by molar-refractivity contribution is 7.80. The molecule has 0 bridgehead atoms. The molecule has 2 N–H and O–H groups in total. The molecule has 68 valence electrons. The van der Waals surface area contributed by atoms with Crippen LogP contribution in [0.2, 0.25) is 0 Å². The van der Waals surface area contributed by atoms with Gasteiger partial charge >= 0.3 is 0 Å². The average Bonchev–Trinajstić information content (AvgIpc) is 2.19. The second kappa shape index (κ2) is 5.21. The van der Waals surface area contributed by atoms with Gasteiger partial charge in [0.1, 0.15) is 0 Å². The Morgan fingerprint density at radius 3 is 3.08 bits per heavy atom. The first-order valence-corrected chi connectivity index (χ1v) is 4.15. The number of rotatable bonds is 2. The van der Waals surface area contributed by atoms with E-state index in [0.29, 0.717) is 5.11 Å². The van der Waals surface area contributed by atoms with Crippen LogP contribution in [0.15, 0.2) is 29.5 Å². The lowest BCUT2D eigenvalue weighted by Gasteiger charge is -1.98. The number of hydrogen-bond acceptors (Lipinski definition) is 3. The molecule has 0 radical (unpaired) electrons. The number of aromatic nitrogens is 1. The van der Waals surface area contributed by atoms with Crippen molar-refractivity contribution in [3.05, 3.63) is 30.1 Å². The second-order valence-corrected chi connectivity index (χ2v) is 2.61. The van der Waals surface area contributed by atoms with Gasteiger partial charge in [-0.05, 0) is 24.4 Å². The van der Waals surface area contributed by atoms with Crippen molar-refractivity contribution in [3.63, 3.8) is 0 Å². The average molecular weight is 194 g/mol. The fraction of sp³-hybridized carbons (Fsp3) is 0.125. The highest BCUT2D eigenvalue weighted by Crippen LogP contribution is 1.87. The quantitative estimate of drug-likeness (QED) is 0.409. The topological polar surface area (TPSA) is 49.3 Å². The van der Waals surface area contributed by atoms with Crippen LogP contribution in [0, 0.1) is 0 Å². The fourth-order valence-corrected chi connectivity index (χ4v) is 0.718. The summed E-state index contributed by atoms with van der Waals surface area (Å²) < 4.78 is 0. The van der Waals surface area contributed by atoms with Gasteiger partial charge in [-0.2, -0.15) is 5.10 Å². The summed E-state index contributed by atoms with van der Waals surface area (Å²) in [6.45, 7) is 0. The number of hydrogen-bond donors (Lipinski definition) is 2. The molecule has 0 amide bonds. The minimum Gasteiger partial charge on any atom is -0.364 e. The molecule has 0 aliphatic carbocycles. The lowest BCUT2D eigenvalue weighted by atomic mass is 10.4. The molecule has 1 aromatic heterocycles. The molecule has 1 aromatic rings. The standard InChI is InChI=1S/C8H10N4S/c1-9-8(13)12-11-6-7-4-2-3-5-10-7/h2-6H,1H3,(H2,9,12,13)/b11-6-. The molecule has 0 spiro atoms. The fourth-order valence-electron chi connectivity index (χ4n) is 0.665. The third-order valence-electron chi connectivity index (χ3n) is 1.28. The van der Waals surface area contributed by atoms with Crippen molar-refractivity contribution >= 4 is 23.5 Å². The van der Waals surface area contributed by atoms with Crippen LogP contribution in [-0.4, -0.2) is 23.4 Å². The Morgan fingerprint density at radius 1 is 1.62 bits per heavy atom. The third kappa shape index (κ3) is 3.62. The van der Waals surface area contributed by atoms with Gasteiger partial charge in [0.15, 0.2) is 5.11 Å². The number of pyridine rings is 1. The monoisotopic (exact) mass is 194 g/mol. The van der Waals surface area contributed by atoms with Crippen molar-refractivity contribution < 1.29 is 0 Å². The third-order valence-corrected chi connectivity index (χ3v) is 1.57. The molecule has 5 heteroatoms. The lowest BCUT2D eigenvalue weighted by Crippen LogP contribution is -2.28. The number of nitrogens with one attached hydrogen (secondary N) is 2. The van der Waals surface area contributed by atoms with E-state index in [9.17, 15) is 0 Å². The van der Waals surface area contributed by atoms with Gasteiger partial charge in [-0.25, -0.2) is 0 Å². The van der Waals surface area contributed by atoms with Gasteiger partial charge in [0, 0.05) is 13.2 Å². The normalized spacial score (nSPS) is 9.92. The zero-order valence-electron chi connectivity index (χ0n) is 7.19. The Labute approximate surface area is 82.1 Å². The van der Waals surface area contributed by atoms with E-state index in [1.54, 1.807) is 19.5 Å². The van der Waals surface area contributed by atoms with Crippen LogP contribution in [0.1, 0.15) is 5.69 Å². The van der Waals surface area contributed by atoms with Crippen LogP contribution < -0.4 is 10.7 Å². The molecule has 0 unspecified atom stereocenters. The summed E-state index contributed by atoms with van der Waals surface area (Å²) in [5, 5.41) is 7.09. The summed E-state index contributed by atoms with van der Waals surface area (Å²) in [4.78, 5) is 4.05. The number of nitrogens with zero attached hydrogens (tertiary/aromatic N) is 2. The molecule has 0 saturated heterocycles. The van der Waals surface area contributed by atoms with Crippen molar-refractivity contribution in [3.8, 4) is 0 Å². The molecule has 13 heavy (non-hydrogen) atoms. The zero-order chi connectivity index (χ0) is 9.52. The highest BCUT2D eigenvalue weighted by Gasteiger charge is 1.86. The van der Waals surface area contributed by atoms with E-state index in [0.717, 1.165) is 5.69 Å². The van der Waals surface area contributed by atoms with Gasteiger partial charge in [0.2, 0.25) is 0 Å². The van der Waals surface area contributed by atoms with Crippen LogP contribution in [0.3, 0.4) is 0 Å². The van der Waals surface area contributed by atoms with Crippen LogP contribution >= 0.6 is 12.2 Å². The van der Waals surface area contributed by atoms with Crippen molar-refractivity contribution in [2.75, 3.05) is 7.05 Å². The Bertz CT molecular complexity index is 296. The molecule has 1 heterocycles. The van der Waals surface area contributed by atoms with E-state index in [1.165, 1.54) is 0 Å². The predicted molar refractivity (Wildman–Crippen MR) is 56.6 cm³/mol. The maximum atomic E-state index is 4.81. The van der Waals surface area contributed by atoms with Gasteiger partial charge in [0.05, 0.1) is 11.9 Å². The van der Waals surface area contributed by atoms with E-state index in [-0.39, 0.29) is 0 Å². The summed E-state index contributed by atoms with van der Waals surface area (Å²) in [5.41, 5.74) is 3.42. The van der Waals surface area contributed by atoms with E-state index >= 15 is 0 Å². The Balaban J connectivity index is 2.45. The molecule has 0 aliphatic rings. The maximum absolute atomic E-state index is 4.81. The highest BCUT2D eigenvalue weighted by atomic mass is 32.1. The Hall–Kier alpha value is -1.49. The molecule has 4 nitrogen and oxygen atoms in total. The summed E-state index contributed by atoms with van der Waals surface area (Å²) >= 11 is 4.81. The SMILES string of the molecule is CNC(=S)N/N=C\c1ccccn1. The molecular weight excluding hydrogens is 184 g/mol. The summed E-state index contributed by atoms with van der Waals surface area (Å²) in [6.07, 6.45) is 3.31. The van der Waals surface area contributed by atoms with Crippen molar-refractivity contribution in [1.82, 2.24) is 15.7 Å². The van der Waals surface area contributed by atoms with Gasteiger partial charge in [-0.15, -0.1) is 0 Å². The van der Waals surface area contributed by atoms with E-state index in [4.69, 9.17) is 12.2 Å². The van der Waals surface area contributed by atoms with Crippen molar-refractivity contribution in [2.45, 2.75) is 0 Å². The van der Waals surface area contributed by atoms with Crippen molar-refractivity contribution in [1.29, 1.82) is 0 Å². The van der Waals surface area contributed by atoms with Gasteiger partial charge in [-0.1, -0.05) is 6.07 Å². The number of thiocarbonyl (C=S) groups is 1. The lowest BCUT2D eigenvalue weighted by molar-refractivity contribution is 0.980. The minimum absolute atomic E-state index is 0.479. The maximum Gasteiger partial charge on any atom is 0.186 e. The van der Waals surface area contributed by atoms with Gasteiger partial charge in [0.25, 0.3) is 0 Å². The molecule has 1 rings (SSSR count). The summed E-state index contributed by atoms with van der Waals surface area (Å²) in [6, 6.07) is 5.60.